The molecule has 0 fully saturated rings. The fourth-order valence-corrected chi connectivity index (χ4v) is 4.46. The molecule has 3 rings (SSSR count). The van der Waals surface area contributed by atoms with Crippen LogP contribution in [0.1, 0.15) is 16.7 Å². The van der Waals surface area contributed by atoms with Crippen molar-refractivity contribution in [3.05, 3.63) is 77.4 Å². The number of benzene rings is 3. The average Bonchev–Trinajstić information content (AvgIpc) is 2.76. The van der Waals surface area contributed by atoms with Crippen LogP contribution in [-0.4, -0.2) is 28.0 Å². The van der Waals surface area contributed by atoms with Gasteiger partial charge in [0.25, 0.3) is 15.9 Å². The van der Waals surface area contributed by atoms with E-state index >= 15 is 0 Å². The van der Waals surface area contributed by atoms with Gasteiger partial charge in [-0.3, -0.25) is 9.52 Å². The van der Waals surface area contributed by atoms with Crippen molar-refractivity contribution in [1.82, 2.24) is 0 Å². The van der Waals surface area contributed by atoms with Crippen molar-refractivity contribution < 1.29 is 22.7 Å². The van der Waals surface area contributed by atoms with Crippen LogP contribution in [0.2, 0.25) is 0 Å². The smallest absolute Gasteiger partial charge is 0.262 e. The lowest BCUT2D eigenvalue weighted by atomic mass is 10.1. The molecule has 1 amide bonds. The maximum absolute atomic E-state index is 13.0. The van der Waals surface area contributed by atoms with Crippen LogP contribution in [0.4, 0.5) is 11.4 Å². The van der Waals surface area contributed by atoms with Crippen molar-refractivity contribution >= 4 is 27.3 Å². The molecule has 0 saturated carbocycles. The summed E-state index contributed by atoms with van der Waals surface area (Å²) in [4.78, 5) is 12.4. The SMILES string of the molecule is COc1ccccc1NS(=O)(=O)c1cc(NC(=O)COc2cccc(C)c2C)ccc1C. The minimum absolute atomic E-state index is 0.0525. The first-order valence-corrected chi connectivity index (χ1v) is 11.4. The minimum Gasteiger partial charge on any atom is -0.495 e. The normalized spacial score (nSPS) is 11.0. The third kappa shape index (κ3) is 5.39. The Bertz CT molecular complexity index is 1240. The standard InChI is InChI=1S/C24H26N2O5S/c1-16-8-7-11-21(18(16)3)31-15-24(27)25-19-13-12-17(2)23(14-19)32(28,29)26-20-9-5-6-10-22(20)30-4/h5-14,26H,15H2,1-4H3,(H,25,27). The summed E-state index contributed by atoms with van der Waals surface area (Å²) < 4.78 is 39.4. The minimum atomic E-state index is -3.91. The Balaban J connectivity index is 1.74. The molecule has 32 heavy (non-hydrogen) atoms. The van der Waals surface area contributed by atoms with Crippen LogP contribution in [0, 0.1) is 20.8 Å². The number of sulfonamides is 1. The number of hydrogen-bond donors (Lipinski definition) is 2. The first kappa shape index (κ1) is 23.1. The quantitative estimate of drug-likeness (QED) is 0.525. The Hall–Kier alpha value is -3.52. The van der Waals surface area contributed by atoms with Gasteiger partial charge in [0.05, 0.1) is 17.7 Å². The number of anilines is 2. The monoisotopic (exact) mass is 454 g/mol. The van der Waals surface area contributed by atoms with E-state index in [2.05, 4.69) is 10.0 Å². The van der Waals surface area contributed by atoms with Gasteiger partial charge in [-0.25, -0.2) is 8.42 Å². The summed E-state index contributed by atoms with van der Waals surface area (Å²) in [5.74, 6) is 0.644. The molecule has 0 aliphatic carbocycles. The molecule has 0 heterocycles. The van der Waals surface area contributed by atoms with Crippen molar-refractivity contribution in [2.75, 3.05) is 23.8 Å². The molecule has 3 aromatic rings. The molecule has 0 unspecified atom stereocenters. The molecule has 0 atom stereocenters. The molecule has 0 aliphatic rings. The van der Waals surface area contributed by atoms with Gasteiger partial charge in [-0.1, -0.05) is 30.3 Å². The number of methoxy groups -OCH3 is 1. The lowest BCUT2D eigenvalue weighted by Crippen LogP contribution is -2.21. The summed E-state index contributed by atoms with van der Waals surface area (Å²) >= 11 is 0. The Morgan fingerprint density at radius 2 is 1.62 bits per heavy atom. The molecule has 0 spiro atoms. The van der Waals surface area contributed by atoms with E-state index in [1.807, 2.05) is 26.0 Å². The van der Waals surface area contributed by atoms with Gasteiger partial charge in [-0.15, -0.1) is 0 Å². The molecule has 168 valence electrons. The van der Waals surface area contributed by atoms with Crippen LogP contribution in [0.15, 0.2) is 65.6 Å². The largest absolute Gasteiger partial charge is 0.495 e. The number of aryl methyl sites for hydroxylation is 2. The van der Waals surface area contributed by atoms with E-state index in [1.54, 1.807) is 49.4 Å². The van der Waals surface area contributed by atoms with Crippen LogP contribution in [-0.2, 0) is 14.8 Å². The fourth-order valence-electron chi connectivity index (χ4n) is 3.12. The molecule has 0 aliphatic heterocycles. The van der Waals surface area contributed by atoms with Crippen LogP contribution < -0.4 is 19.5 Å². The summed E-state index contributed by atoms with van der Waals surface area (Å²) in [5, 5.41) is 2.69. The van der Waals surface area contributed by atoms with E-state index in [1.165, 1.54) is 13.2 Å². The van der Waals surface area contributed by atoms with Crippen molar-refractivity contribution in [1.29, 1.82) is 0 Å². The van der Waals surface area contributed by atoms with Gasteiger partial charge in [0.2, 0.25) is 0 Å². The molecule has 0 saturated heterocycles. The van der Waals surface area contributed by atoms with Gasteiger partial charge in [0.15, 0.2) is 6.61 Å². The zero-order valence-electron chi connectivity index (χ0n) is 18.4. The molecule has 0 bridgehead atoms. The second kappa shape index (κ2) is 9.74. The van der Waals surface area contributed by atoms with Gasteiger partial charge in [-0.2, -0.15) is 0 Å². The van der Waals surface area contributed by atoms with Gasteiger partial charge in [-0.05, 0) is 67.8 Å². The van der Waals surface area contributed by atoms with Crippen LogP contribution in [0.25, 0.3) is 0 Å². The lowest BCUT2D eigenvalue weighted by Gasteiger charge is -2.15. The number of hydrogen-bond acceptors (Lipinski definition) is 5. The number of rotatable bonds is 8. The van der Waals surface area contributed by atoms with Gasteiger partial charge in [0, 0.05) is 5.69 Å². The fraction of sp³-hybridized carbons (Fsp3) is 0.208. The maximum Gasteiger partial charge on any atom is 0.262 e. The molecule has 2 N–H and O–H groups in total. The highest BCUT2D eigenvalue weighted by Crippen LogP contribution is 2.28. The second-order valence-electron chi connectivity index (χ2n) is 7.32. The highest BCUT2D eigenvalue weighted by molar-refractivity contribution is 7.92. The van der Waals surface area contributed by atoms with Crippen LogP contribution in [0.5, 0.6) is 11.5 Å². The molecule has 0 radical (unpaired) electrons. The first-order chi connectivity index (χ1) is 15.2. The lowest BCUT2D eigenvalue weighted by molar-refractivity contribution is -0.118. The van der Waals surface area contributed by atoms with E-state index in [9.17, 15) is 13.2 Å². The van der Waals surface area contributed by atoms with Crippen LogP contribution >= 0.6 is 0 Å². The summed E-state index contributed by atoms with van der Waals surface area (Å²) in [7, 11) is -2.45. The van der Waals surface area contributed by atoms with Gasteiger partial charge >= 0.3 is 0 Å². The first-order valence-electron chi connectivity index (χ1n) is 9.96. The third-order valence-electron chi connectivity index (χ3n) is 5.03. The highest BCUT2D eigenvalue weighted by Gasteiger charge is 2.20. The zero-order valence-corrected chi connectivity index (χ0v) is 19.2. The molecule has 3 aromatic carbocycles. The maximum atomic E-state index is 13.0. The van der Waals surface area contributed by atoms with E-state index < -0.39 is 15.9 Å². The van der Waals surface area contributed by atoms with E-state index in [0.717, 1.165) is 11.1 Å². The Kier molecular flexibility index (Phi) is 7.05. The Morgan fingerprint density at radius 1 is 0.906 bits per heavy atom. The van der Waals surface area contributed by atoms with Crippen molar-refractivity contribution in [3.63, 3.8) is 0 Å². The van der Waals surface area contributed by atoms with Crippen LogP contribution in [0.3, 0.4) is 0 Å². The Labute approximate surface area is 188 Å². The topological polar surface area (TPSA) is 93.7 Å². The van der Waals surface area contributed by atoms with Crippen molar-refractivity contribution in [2.45, 2.75) is 25.7 Å². The molecular formula is C24H26N2O5S. The molecule has 0 aromatic heterocycles. The number of nitrogens with one attached hydrogen (secondary N) is 2. The van der Waals surface area contributed by atoms with Crippen molar-refractivity contribution in [3.8, 4) is 11.5 Å². The van der Waals surface area contributed by atoms with E-state index in [4.69, 9.17) is 9.47 Å². The zero-order chi connectivity index (χ0) is 23.3. The number of para-hydroxylation sites is 2. The molecular weight excluding hydrogens is 428 g/mol. The number of amides is 1. The van der Waals surface area contributed by atoms with Gasteiger partial charge in [0.1, 0.15) is 11.5 Å². The predicted octanol–water partition coefficient (Wildman–Crippen LogP) is 4.44. The second-order valence-corrected chi connectivity index (χ2v) is 8.97. The summed E-state index contributed by atoms with van der Waals surface area (Å²) in [5.41, 5.74) is 3.25. The van der Waals surface area contributed by atoms with Gasteiger partial charge < -0.3 is 14.8 Å². The van der Waals surface area contributed by atoms with E-state index in [0.29, 0.717) is 28.4 Å². The summed E-state index contributed by atoms with van der Waals surface area (Å²) in [6, 6.07) is 17.1. The van der Waals surface area contributed by atoms with E-state index in [-0.39, 0.29) is 11.5 Å². The number of ether oxygens (including phenoxy) is 2. The number of carbonyl (C=O) groups excluding carboxylic acids is 1. The highest BCUT2D eigenvalue weighted by atomic mass is 32.2. The average molecular weight is 455 g/mol. The summed E-state index contributed by atoms with van der Waals surface area (Å²) in [6.45, 7) is 5.38. The predicted molar refractivity (Wildman–Crippen MR) is 125 cm³/mol. The molecule has 7 nitrogen and oxygen atoms in total. The third-order valence-corrected chi connectivity index (χ3v) is 6.53. The molecule has 8 heteroatoms. The summed E-state index contributed by atoms with van der Waals surface area (Å²) in [6.07, 6.45) is 0. The van der Waals surface area contributed by atoms with Crippen molar-refractivity contribution in [2.24, 2.45) is 0 Å². The Morgan fingerprint density at radius 3 is 2.38 bits per heavy atom. The number of carbonyl (C=O) groups is 1.